The molecule has 0 aliphatic rings. The van der Waals surface area contributed by atoms with Crippen molar-refractivity contribution in [2.75, 3.05) is 6.54 Å². The first-order valence-electron chi connectivity index (χ1n) is 9.02. The number of nitrogens with two attached hydrogens (primary N) is 1. The number of carbonyl (C=O) groups excluding carboxylic acids is 2. The predicted octanol–water partition coefficient (Wildman–Crippen LogP) is 3.08. The van der Waals surface area contributed by atoms with Gasteiger partial charge in [-0.2, -0.15) is 0 Å². The average Bonchev–Trinajstić information content (AvgIpc) is 3.04. The Morgan fingerprint density at radius 3 is 2.54 bits per heavy atom. The van der Waals surface area contributed by atoms with Crippen molar-refractivity contribution in [1.82, 2.24) is 10.3 Å². The van der Waals surface area contributed by atoms with Gasteiger partial charge in [0.25, 0.3) is 0 Å². The number of benzene rings is 2. The molecule has 4 N–H and O–H groups in total. The third-order valence-corrected chi connectivity index (χ3v) is 4.59. The fourth-order valence-electron chi connectivity index (χ4n) is 3.21. The van der Waals surface area contributed by atoms with E-state index in [2.05, 4.69) is 10.3 Å². The molecule has 2 aromatic carbocycles. The molecule has 0 spiro atoms. The van der Waals surface area contributed by atoms with Crippen molar-refractivity contribution in [2.45, 2.75) is 25.3 Å². The maximum atomic E-state index is 13.8. The van der Waals surface area contributed by atoms with Gasteiger partial charge in [-0.15, -0.1) is 0 Å². The van der Waals surface area contributed by atoms with Gasteiger partial charge in [0.1, 0.15) is 17.9 Å². The SMILES string of the molecule is NCCC(C=O)NC(=O)CCc1c(-c2ccc(F)cc2)[nH]c2ccc(F)cc12. The van der Waals surface area contributed by atoms with Crippen molar-refractivity contribution in [1.29, 1.82) is 0 Å². The quantitative estimate of drug-likeness (QED) is 0.521. The molecule has 146 valence electrons. The molecule has 3 rings (SSSR count). The number of fused-ring (bicyclic) bond motifs is 1. The molecule has 1 aromatic heterocycles. The second-order valence-electron chi connectivity index (χ2n) is 6.56. The molecule has 0 radical (unpaired) electrons. The molecule has 1 heterocycles. The second kappa shape index (κ2) is 8.75. The smallest absolute Gasteiger partial charge is 0.220 e. The summed E-state index contributed by atoms with van der Waals surface area (Å²) in [5.41, 5.74) is 8.36. The Labute approximate surface area is 160 Å². The van der Waals surface area contributed by atoms with Crippen molar-refractivity contribution < 1.29 is 18.4 Å². The minimum atomic E-state index is -0.616. The number of rotatable bonds is 8. The van der Waals surface area contributed by atoms with E-state index < -0.39 is 6.04 Å². The van der Waals surface area contributed by atoms with E-state index in [0.717, 1.165) is 16.6 Å². The molecular weight excluding hydrogens is 364 g/mol. The van der Waals surface area contributed by atoms with Gasteiger partial charge in [-0.1, -0.05) is 0 Å². The summed E-state index contributed by atoms with van der Waals surface area (Å²) in [6, 6.07) is 9.73. The van der Waals surface area contributed by atoms with Crippen LogP contribution < -0.4 is 11.1 Å². The fourth-order valence-corrected chi connectivity index (χ4v) is 3.21. The number of aromatic amines is 1. The Hall–Kier alpha value is -3.06. The summed E-state index contributed by atoms with van der Waals surface area (Å²) >= 11 is 0. The third-order valence-electron chi connectivity index (χ3n) is 4.59. The van der Waals surface area contributed by atoms with Crippen molar-refractivity contribution in [2.24, 2.45) is 5.73 Å². The van der Waals surface area contributed by atoms with Gasteiger partial charge in [-0.05, 0) is 73.0 Å². The zero-order valence-corrected chi connectivity index (χ0v) is 15.2. The first-order valence-corrected chi connectivity index (χ1v) is 9.02. The first kappa shape index (κ1) is 19.7. The minimum absolute atomic E-state index is 0.118. The molecule has 0 fully saturated rings. The zero-order chi connectivity index (χ0) is 20.1. The van der Waals surface area contributed by atoms with Crippen molar-refractivity contribution >= 4 is 23.1 Å². The molecule has 0 bridgehead atoms. The fraction of sp³-hybridized carbons (Fsp3) is 0.238. The Morgan fingerprint density at radius 1 is 1.14 bits per heavy atom. The maximum absolute atomic E-state index is 13.8. The topological polar surface area (TPSA) is 88.0 Å². The lowest BCUT2D eigenvalue weighted by atomic mass is 10.0. The number of amides is 1. The molecule has 0 aliphatic carbocycles. The highest BCUT2D eigenvalue weighted by Gasteiger charge is 2.17. The van der Waals surface area contributed by atoms with E-state index in [9.17, 15) is 18.4 Å². The van der Waals surface area contributed by atoms with Gasteiger partial charge in [-0.3, -0.25) is 4.79 Å². The molecule has 1 unspecified atom stereocenters. The van der Waals surface area contributed by atoms with Gasteiger partial charge in [-0.25, -0.2) is 8.78 Å². The van der Waals surface area contributed by atoms with E-state index >= 15 is 0 Å². The molecule has 28 heavy (non-hydrogen) atoms. The van der Waals surface area contributed by atoms with Crippen LogP contribution in [0.25, 0.3) is 22.2 Å². The summed E-state index contributed by atoms with van der Waals surface area (Å²) < 4.78 is 27.1. The summed E-state index contributed by atoms with van der Waals surface area (Å²) in [6.45, 7) is 0.292. The van der Waals surface area contributed by atoms with E-state index in [1.807, 2.05) is 0 Å². The van der Waals surface area contributed by atoms with Crippen LogP contribution in [0.15, 0.2) is 42.5 Å². The molecule has 5 nitrogen and oxygen atoms in total. The van der Waals surface area contributed by atoms with Crippen molar-refractivity contribution in [3.8, 4) is 11.3 Å². The highest BCUT2D eigenvalue weighted by atomic mass is 19.1. The van der Waals surface area contributed by atoms with E-state index in [4.69, 9.17) is 5.73 Å². The largest absolute Gasteiger partial charge is 0.354 e. The van der Waals surface area contributed by atoms with Crippen LogP contribution in [0.3, 0.4) is 0 Å². The van der Waals surface area contributed by atoms with E-state index in [1.54, 1.807) is 18.2 Å². The van der Waals surface area contributed by atoms with Gasteiger partial charge in [0, 0.05) is 23.0 Å². The maximum Gasteiger partial charge on any atom is 0.220 e. The Kier molecular flexibility index (Phi) is 6.16. The van der Waals surface area contributed by atoms with Crippen LogP contribution in [0, 0.1) is 11.6 Å². The first-order chi connectivity index (χ1) is 13.5. The molecular formula is C21H21F2N3O2. The number of aromatic nitrogens is 1. The van der Waals surface area contributed by atoms with Crippen LogP contribution in [0.5, 0.6) is 0 Å². The summed E-state index contributed by atoms with van der Waals surface area (Å²) in [5, 5.41) is 3.30. The minimum Gasteiger partial charge on any atom is -0.354 e. The van der Waals surface area contributed by atoms with Gasteiger partial charge < -0.3 is 20.8 Å². The van der Waals surface area contributed by atoms with Gasteiger partial charge in [0.2, 0.25) is 5.91 Å². The van der Waals surface area contributed by atoms with E-state index in [0.29, 0.717) is 36.8 Å². The Balaban J connectivity index is 1.89. The number of aryl methyl sites for hydroxylation is 1. The average molecular weight is 385 g/mol. The van der Waals surface area contributed by atoms with Gasteiger partial charge >= 0.3 is 0 Å². The highest BCUT2D eigenvalue weighted by molar-refractivity contribution is 5.91. The standard InChI is InChI=1S/C21H21F2N3O2/c22-14-3-1-13(2-4-14)21-17(18-11-15(23)5-7-19(18)26-21)6-8-20(28)25-16(12-27)9-10-24/h1-5,7,11-12,16,26H,6,8-10,24H2,(H,25,28). The van der Waals surface area contributed by atoms with Crippen molar-refractivity contribution in [3.63, 3.8) is 0 Å². The number of H-pyrrole nitrogens is 1. The third kappa shape index (κ3) is 4.43. The Morgan fingerprint density at radius 2 is 1.86 bits per heavy atom. The lowest BCUT2D eigenvalue weighted by Crippen LogP contribution is -2.37. The molecule has 3 aromatic rings. The molecule has 7 heteroatoms. The Bertz CT molecular complexity index is 983. The molecule has 0 aliphatic heterocycles. The lowest BCUT2D eigenvalue weighted by Gasteiger charge is -2.12. The summed E-state index contributed by atoms with van der Waals surface area (Å²) in [6.07, 6.45) is 1.48. The summed E-state index contributed by atoms with van der Waals surface area (Å²) in [7, 11) is 0. The number of carbonyl (C=O) groups is 2. The van der Waals surface area contributed by atoms with Crippen LogP contribution in [0.2, 0.25) is 0 Å². The summed E-state index contributed by atoms with van der Waals surface area (Å²) in [4.78, 5) is 26.5. The van der Waals surface area contributed by atoms with Crippen molar-refractivity contribution in [3.05, 3.63) is 59.7 Å². The second-order valence-corrected chi connectivity index (χ2v) is 6.56. The van der Waals surface area contributed by atoms with Crippen LogP contribution in [0.1, 0.15) is 18.4 Å². The lowest BCUT2D eigenvalue weighted by molar-refractivity contribution is -0.124. The number of nitrogens with one attached hydrogen (secondary N) is 2. The summed E-state index contributed by atoms with van der Waals surface area (Å²) in [5.74, 6) is -1.03. The molecule has 0 saturated heterocycles. The van der Waals surface area contributed by atoms with Crippen LogP contribution in [-0.4, -0.2) is 29.8 Å². The molecule has 1 amide bonds. The number of aldehydes is 1. The molecule has 1 atom stereocenters. The predicted molar refractivity (Wildman–Crippen MR) is 104 cm³/mol. The monoisotopic (exact) mass is 385 g/mol. The number of hydrogen-bond acceptors (Lipinski definition) is 3. The van der Waals surface area contributed by atoms with Crippen LogP contribution in [0.4, 0.5) is 8.78 Å². The number of hydrogen-bond donors (Lipinski definition) is 3. The van der Waals surface area contributed by atoms with Gasteiger partial charge in [0.05, 0.1) is 6.04 Å². The van der Waals surface area contributed by atoms with Crippen LogP contribution in [-0.2, 0) is 16.0 Å². The number of halogens is 2. The normalized spacial score (nSPS) is 12.1. The van der Waals surface area contributed by atoms with E-state index in [-0.39, 0.29) is 24.0 Å². The highest BCUT2D eigenvalue weighted by Crippen LogP contribution is 2.32. The zero-order valence-electron chi connectivity index (χ0n) is 15.2. The van der Waals surface area contributed by atoms with Gasteiger partial charge in [0.15, 0.2) is 0 Å². The van der Waals surface area contributed by atoms with E-state index in [1.165, 1.54) is 24.3 Å². The molecule has 0 saturated carbocycles. The van der Waals surface area contributed by atoms with Crippen LogP contribution >= 0.6 is 0 Å².